The number of nitrogens with zero attached hydrogens (tertiary/aromatic N) is 3. The third-order valence-electron chi connectivity index (χ3n) is 2.27. The predicted molar refractivity (Wildman–Crippen MR) is 74.8 cm³/mol. The molecule has 0 spiro atoms. The molecule has 2 atom stereocenters. The van der Waals surface area contributed by atoms with Gasteiger partial charge in [0.1, 0.15) is 12.7 Å². The molecule has 0 aliphatic rings. The summed E-state index contributed by atoms with van der Waals surface area (Å²) in [5, 5.41) is 10.7. The van der Waals surface area contributed by atoms with E-state index in [0.717, 1.165) is 12.6 Å². The normalized spacial score (nSPS) is 16.4. The van der Waals surface area contributed by atoms with E-state index >= 15 is 0 Å². The Morgan fingerprint density at radius 3 is 2.65 bits per heavy atom. The Labute approximate surface area is 107 Å². The van der Waals surface area contributed by atoms with Gasteiger partial charge in [0.25, 0.3) is 0 Å². The molecule has 17 heavy (non-hydrogen) atoms. The van der Waals surface area contributed by atoms with Crippen LogP contribution in [-0.2, 0) is 11.8 Å². The Hall–Kier alpha value is -0.490. The topological polar surface area (TPSA) is 80.8 Å². The summed E-state index contributed by atoms with van der Waals surface area (Å²) in [6, 6.07) is 0. The Morgan fingerprint density at radius 1 is 1.41 bits per heavy atom. The lowest BCUT2D eigenvalue weighted by molar-refractivity contribution is 0.662. The first kappa shape index (κ1) is 14.6. The molecule has 0 bridgehead atoms. The molecular formula is C9H21N6PS. The van der Waals surface area contributed by atoms with Crippen LogP contribution in [-0.4, -0.2) is 27.2 Å². The average Bonchev–Trinajstić information content (AvgIpc) is 2.69. The quantitative estimate of drug-likeness (QED) is 0.376. The van der Waals surface area contributed by atoms with Gasteiger partial charge in [-0.05, 0) is 13.3 Å². The van der Waals surface area contributed by atoms with Crippen LogP contribution in [0.25, 0.3) is 0 Å². The van der Waals surface area contributed by atoms with Crippen molar-refractivity contribution in [3.8, 4) is 0 Å². The number of aromatic nitrogens is 3. The molecule has 0 fully saturated rings. The van der Waals surface area contributed by atoms with Gasteiger partial charge in [-0.1, -0.05) is 31.6 Å². The number of unbranched alkanes of at least 4 members (excludes halogenated alkanes) is 2. The molecule has 6 nitrogen and oxygen atoms in total. The van der Waals surface area contributed by atoms with Crippen LogP contribution in [0.1, 0.15) is 33.1 Å². The molecule has 0 aromatic carbocycles. The summed E-state index contributed by atoms with van der Waals surface area (Å²) in [6.07, 6.45) is 5.61. The van der Waals surface area contributed by atoms with Crippen LogP contribution in [0, 0.1) is 0 Å². The highest BCUT2D eigenvalue weighted by molar-refractivity contribution is 8.12. The Kier molecular flexibility index (Phi) is 6.05. The maximum Gasteiger partial charge on any atom is 0.138 e. The van der Waals surface area contributed by atoms with E-state index < -0.39 is 6.34 Å². The average molecular weight is 276 g/mol. The summed E-state index contributed by atoms with van der Waals surface area (Å²) in [4.78, 5) is 0. The zero-order chi connectivity index (χ0) is 12.7. The van der Waals surface area contributed by atoms with Gasteiger partial charge in [-0.25, -0.2) is 4.68 Å². The molecule has 0 saturated carbocycles. The smallest absolute Gasteiger partial charge is 0.138 e. The number of hydrogen-bond acceptors (Lipinski definition) is 4. The van der Waals surface area contributed by atoms with Crippen LogP contribution < -0.4 is 16.0 Å². The molecule has 0 amide bonds. The molecular weight excluding hydrogens is 255 g/mol. The van der Waals surface area contributed by atoms with Crippen molar-refractivity contribution >= 4 is 18.1 Å². The van der Waals surface area contributed by atoms with Gasteiger partial charge >= 0.3 is 0 Å². The van der Waals surface area contributed by atoms with Crippen molar-refractivity contribution in [2.24, 2.45) is 5.50 Å². The lowest BCUT2D eigenvalue weighted by atomic mass is 10.3. The summed E-state index contributed by atoms with van der Waals surface area (Å²) in [6.45, 7) is 4.15. The minimum absolute atomic E-state index is 0.00320. The first-order valence-corrected chi connectivity index (χ1v) is 8.86. The lowest BCUT2D eigenvalue weighted by Crippen LogP contribution is -2.38. The number of rotatable bonds is 8. The summed E-state index contributed by atoms with van der Waals surface area (Å²) in [7, 11) is 0. The minimum Gasteiger partial charge on any atom is -0.306 e. The standard InChI is InChI=1S/C9H21N6PS/c1-3-4-5-6-16(10,17)14-9(2)13-15-7-11-12-8-15/h7-9,13H,3-6H2,1-2H3,(H3,10,14,17). The first-order valence-electron chi connectivity index (χ1n) is 5.80. The number of nitrogens with two attached hydrogens (primary N) is 1. The molecule has 8 heteroatoms. The van der Waals surface area contributed by atoms with Gasteiger partial charge in [0.2, 0.25) is 0 Å². The van der Waals surface area contributed by atoms with Crippen molar-refractivity contribution in [2.45, 2.75) is 39.3 Å². The molecule has 2 unspecified atom stereocenters. The zero-order valence-electron chi connectivity index (χ0n) is 10.3. The fourth-order valence-electron chi connectivity index (χ4n) is 1.51. The molecule has 0 saturated heterocycles. The molecule has 1 heterocycles. The predicted octanol–water partition coefficient (Wildman–Crippen LogP) is 1.22. The van der Waals surface area contributed by atoms with E-state index in [1.165, 1.54) is 12.8 Å². The van der Waals surface area contributed by atoms with Crippen LogP contribution in [0.4, 0.5) is 0 Å². The van der Waals surface area contributed by atoms with Crippen molar-refractivity contribution in [1.82, 2.24) is 20.0 Å². The molecule has 1 aromatic rings. The molecule has 0 aliphatic carbocycles. The van der Waals surface area contributed by atoms with Crippen LogP contribution >= 0.6 is 6.34 Å². The van der Waals surface area contributed by atoms with E-state index in [-0.39, 0.29) is 6.17 Å². The van der Waals surface area contributed by atoms with Gasteiger partial charge in [0.15, 0.2) is 0 Å². The zero-order valence-corrected chi connectivity index (χ0v) is 12.0. The lowest BCUT2D eigenvalue weighted by Gasteiger charge is -2.24. The van der Waals surface area contributed by atoms with Crippen LogP contribution in [0.3, 0.4) is 0 Å². The van der Waals surface area contributed by atoms with Gasteiger partial charge in [-0.2, -0.15) is 0 Å². The molecule has 4 N–H and O–H groups in total. The maximum absolute atomic E-state index is 6.12. The van der Waals surface area contributed by atoms with Gasteiger partial charge in [-0.3, -0.25) is 10.6 Å². The van der Waals surface area contributed by atoms with Crippen LogP contribution in [0.5, 0.6) is 0 Å². The fourth-order valence-corrected chi connectivity index (χ4v) is 3.91. The highest BCUT2D eigenvalue weighted by atomic mass is 32.4. The van der Waals surface area contributed by atoms with Gasteiger partial charge in [-0.15, -0.1) is 10.2 Å². The Bertz CT molecular complexity index is 354. The molecule has 1 rings (SSSR count). The second-order valence-electron chi connectivity index (χ2n) is 4.08. The first-order chi connectivity index (χ1) is 8.03. The van der Waals surface area contributed by atoms with Crippen LogP contribution in [0.15, 0.2) is 12.7 Å². The third-order valence-corrected chi connectivity index (χ3v) is 4.94. The van der Waals surface area contributed by atoms with E-state index in [1.807, 2.05) is 6.92 Å². The number of hydrogen-bond donors (Lipinski definition) is 3. The second kappa shape index (κ2) is 7.06. The summed E-state index contributed by atoms with van der Waals surface area (Å²) in [5.74, 6) is 0. The monoisotopic (exact) mass is 276 g/mol. The van der Waals surface area contributed by atoms with Gasteiger partial charge < -0.3 is 5.43 Å². The highest BCUT2D eigenvalue weighted by Gasteiger charge is 2.13. The molecule has 0 radical (unpaired) electrons. The van der Waals surface area contributed by atoms with Crippen molar-refractivity contribution in [3.05, 3.63) is 12.7 Å². The van der Waals surface area contributed by atoms with E-state index in [9.17, 15) is 0 Å². The van der Waals surface area contributed by atoms with Gasteiger partial charge in [0.05, 0.1) is 12.5 Å². The Morgan fingerprint density at radius 2 is 2.06 bits per heavy atom. The van der Waals surface area contributed by atoms with Crippen molar-refractivity contribution in [1.29, 1.82) is 0 Å². The van der Waals surface area contributed by atoms with Crippen molar-refractivity contribution in [2.75, 3.05) is 11.6 Å². The third kappa shape index (κ3) is 6.12. The summed E-state index contributed by atoms with van der Waals surface area (Å²) in [5.41, 5.74) is 9.25. The van der Waals surface area contributed by atoms with E-state index in [0.29, 0.717) is 0 Å². The largest absolute Gasteiger partial charge is 0.306 e. The second-order valence-corrected chi connectivity index (χ2v) is 8.33. The maximum atomic E-state index is 6.12. The van der Waals surface area contributed by atoms with Gasteiger partial charge in [0, 0.05) is 6.16 Å². The minimum atomic E-state index is -1.93. The van der Waals surface area contributed by atoms with E-state index in [1.54, 1.807) is 17.3 Å². The highest BCUT2D eigenvalue weighted by Crippen LogP contribution is 2.33. The van der Waals surface area contributed by atoms with Crippen LogP contribution in [0.2, 0.25) is 0 Å². The van der Waals surface area contributed by atoms with E-state index in [4.69, 9.17) is 17.3 Å². The summed E-state index contributed by atoms with van der Waals surface area (Å²) >= 11 is 5.43. The van der Waals surface area contributed by atoms with Crippen molar-refractivity contribution in [3.63, 3.8) is 0 Å². The SMILES string of the molecule is CCCCCP(N)(=S)NC(C)Nn1cnnc1. The molecule has 98 valence electrons. The van der Waals surface area contributed by atoms with Crippen molar-refractivity contribution < 1.29 is 0 Å². The summed E-state index contributed by atoms with van der Waals surface area (Å²) < 4.78 is 1.68. The molecule has 0 aliphatic heterocycles. The fraction of sp³-hybridized carbons (Fsp3) is 0.778. The molecule has 1 aromatic heterocycles. The van der Waals surface area contributed by atoms with E-state index in [2.05, 4.69) is 27.6 Å². The number of nitrogens with one attached hydrogen (secondary N) is 2. The Balaban J connectivity index is 2.33.